The van der Waals surface area contributed by atoms with E-state index in [0.29, 0.717) is 51.9 Å². The number of piperidine rings is 2. The molecule has 10 nitrogen and oxygen atoms in total. The summed E-state index contributed by atoms with van der Waals surface area (Å²) in [5.74, 6) is 0. The molecule has 0 radical (unpaired) electrons. The van der Waals surface area contributed by atoms with E-state index in [4.69, 9.17) is 30.8 Å². The predicted octanol–water partition coefficient (Wildman–Crippen LogP) is 4.31. The average Bonchev–Trinajstić information content (AvgIpc) is 2.81. The van der Waals surface area contributed by atoms with Gasteiger partial charge in [0.25, 0.3) is 0 Å². The standard InChI is InChI=1S/C13H16ClNO4S.C10H18ClNO4S/c14-20(17,18)12-6-8-15(9-7-12)13(16)19-10-11-4-2-1-3-5-11;1-10(2,3)16-9(13)12-6-4-8(5-7-12)17(11,14)15/h1-5,12H,6-10H2;8H,4-7H2,1-3H3. The van der Waals surface area contributed by atoms with Crippen LogP contribution in [0.5, 0.6) is 0 Å². The van der Waals surface area contributed by atoms with Gasteiger partial charge in [0, 0.05) is 47.5 Å². The Morgan fingerprint density at radius 2 is 1.22 bits per heavy atom. The van der Waals surface area contributed by atoms with Gasteiger partial charge in [0.15, 0.2) is 0 Å². The highest BCUT2D eigenvalue weighted by Crippen LogP contribution is 2.23. The summed E-state index contributed by atoms with van der Waals surface area (Å²) in [7, 11) is 3.55. The van der Waals surface area contributed by atoms with E-state index < -0.39 is 46.4 Å². The van der Waals surface area contributed by atoms with Crippen LogP contribution < -0.4 is 0 Å². The number of carbonyl (C=O) groups excluding carboxylic acids is 2. The largest absolute Gasteiger partial charge is 0.445 e. The number of halogens is 2. The van der Waals surface area contributed by atoms with Crippen LogP contribution in [0, 0.1) is 0 Å². The van der Waals surface area contributed by atoms with E-state index in [1.807, 2.05) is 30.3 Å². The van der Waals surface area contributed by atoms with Crippen LogP contribution in [0.3, 0.4) is 0 Å². The Balaban J connectivity index is 0.000000264. The minimum absolute atomic E-state index is 0.216. The van der Waals surface area contributed by atoms with Gasteiger partial charge in [0.05, 0.1) is 10.5 Å². The second-order valence-electron chi connectivity index (χ2n) is 9.84. The van der Waals surface area contributed by atoms with Crippen LogP contribution in [0.4, 0.5) is 9.59 Å². The number of amides is 2. The molecule has 210 valence electrons. The van der Waals surface area contributed by atoms with Gasteiger partial charge in [-0.05, 0) is 52.0 Å². The second kappa shape index (κ2) is 13.3. The maximum Gasteiger partial charge on any atom is 0.410 e. The number of likely N-dealkylation sites (tertiary alicyclic amines) is 2. The zero-order valence-electron chi connectivity index (χ0n) is 21.1. The molecule has 0 saturated carbocycles. The molecule has 2 aliphatic rings. The molecule has 1 aromatic rings. The van der Waals surface area contributed by atoms with Crippen LogP contribution in [-0.2, 0) is 34.2 Å². The van der Waals surface area contributed by atoms with Crippen molar-refractivity contribution >= 4 is 51.7 Å². The third-order valence-electron chi connectivity index (χ3n) is 5.80. The molecule has 0 N–H and O–H groups in total. The fourth-order valence-corrected chi connectivity index (χ4v) is 6.39. The van der Waals surface area contributed by atoms with Gasteiger partial charge >= 0.3 is 12.2 Å². The van der Waals surface area contributed by atoms with E-state index in [9.17, 15) is 26.4 Å². The first-order valence-corrected chi connectivity index (χ1v) is 16.6. The van der Waals surface area contributed by atoms with Crippen molar-refractivity contribution in [1.82, 2.24) is 9.80 Å². The predicted molar refractivity (Wildman–Crippen MR) is 142 cm³/mol. The third-order valence-corrected chi connectivity index (χ3v) is 9.84. The van der Waals surface area contributed by atoms with Gasteiger partial charge < -0.3 is 19.3 Å². The van der Waals surface area contributed by atoms with Crippen LogP contribution in [-0.4, -0.2) is 81.1 Å². The topological polar surface area (TPSA) is 127 Å². The lowest BCUT2D eigenvalue weighted by molar-refractivity contribution is 0.0217. The highest BCUT2D eigenvalue weighted by Gasteiger charge is 2.32. The zero-order chi connectivity index (χ0) is 27.9. The molecule has 2 heterocycles. The molecule has 1 aromatic carbocycles. The molecule has 2 amide bonds. The van der Waals surface area contributed by atoms with Crippen molar-refractivity contribution in [2.45, 2.75) is 69.2 Å². The summed E-state index contributed by atoms with van der Waals surface area (Å²) in [6.45, 7) is 7.03. The summed E-state index contributed by atoms with van der Waals surface area (Å²) in [5.41, 5.74) is 0.381. The monoisotopic (exact) mass is 600 g/mol. The lowest BCUT2D eigenvalue weighted by Crippen LogP contribution is -2.44. The average molecular weight is 602 g/mol. The van der Waals surface area contributed by atoms with Gasteiger partial charge in [-0.25, -0.2) is 26.4 Å². The molecule has 0 unspecified atom stereocenters. The Kier molecular flexibility index (Phi) is 11.3. The minimum Gasteiger partial charge on any atom is -0.445 e. The molecule has 0 atom stereocenters. The first-order valence-electron chi connectivity index (χ1n) is 11.9. The number of nitrogens with zero attached hydrogens (tertiary/aromatic N) is 2. The zero-order valence-corrected chi connectivity index (χ0v) is 24.3. The van der Waals surface area contributed by atoms with Gasteiger partial charge in [-0.2, -0.15) is 0 Å². The molecule has 0 aliphatic carbocycles. The summed E-state index contributed by atoms with van der Waals surface area (Å²) in [5, 5.41) is -1.12. The molecule has 37 heavy (non-hydrogen) atoms. The maximum absolute atomic E-state index is 11.8. The molecule has 0 bridgehead atoms. The highest BCUT2D eigenvalue weighted by molar-refractivity contribution is 8.14. The second-order valence-corrected chi connectivity index (χ2v) is 15.7. The molecule has 2 fully saturated rings. The first kappa shape index (κ1) is 31.5. The molecule has 0 aromatic heterocycles. The summed E-state index contributed by atoms with van der Waals surface area (Å²) in [4.78, 5) is 26.6. The Labute approximate surface area is 228 Å². The Hall–Kier alpha value is -1.76. The van der Waals surface area contributed by atoms with Crippen LogP contribution >= 0.6 is 21.4 Å². The molecule has 14 heteroatoms. The number of benzene rings is 1. The van der Waals surface area contributed by atoms with Crippen molar-refractivity contribution in [3.63, 3.8) is 0 Å². The Morgan fingerprint density at radius 3 is 1.59 bits per heavy atom. The lowest BCUT2D eigenvalue weighted by atomic mass is 10.1. The SMILES string of the molecule is CC(C)(C)OC(=O)N1CCC(S(=O)(=O)Cl)CC1.O=C(OCc1ccccc1)N1CCC(S(=O)(=O)Cl)CC1. The summed E-state index contributed by atoms with van der Waals surface area (Å²) in [6, 6.07) is 9.39. The summed E-state index contributed by atoms with van der Waals surface area (Å²) in [6.07, 6.45) is 0.622. The number of hydrogen-bond donors (Lipinski definition) is 0. The molecule has 3 rings (SSSR count). The van der Waals surface area contributed by atoms with Crippen molar-refractivity contribution in [3.8, 4) is 0 Å². The van der Waals surface area contributed by atoms with Crippen molar-refractivity contribution in [3.05, 3.63) is 35.9 Å². The van der Waals surface area contributed by atoms with E-state index in [-0.39, 0.29) is 6.61 Å². The van der Waals surface area contributed by atoms with Gasteiger partial charge in [-0.15, -0.1) is 0 Å². The van der Waals surface area contributed by atoms with E-state index in [1.54, 1.807) is 20.8 Å². The van der Waals surface area contributed by atoms with Gasteiger partial charge in [0.2, 0.25) is 18.1 Å². The fraction of sp³-hybridized carbons (Fsp3) is 0.652. The van der Waals surface area contributed by atoms with E-state index >= 15 is 0 Å². The van der Waals surface area contributed by atoms with E-state index in [0.717, 1.165) is 5.56 Å². The molecule has 2 saturated heterocycles. The summed E-state index contributed by atoms with van der Waals surface area (Å²) >= 11 is 0. The number of carbonyl (C=O) groups is 2. The van der Waals surface area contributed by atoms with Crippen molar-refractivity contribution in [1.29, 1.82) is 0 Å². The maximum atomic E-state index is 11.8. The van der Waals surface area contributed by atoms with Gasteiger partial charge in [-0.3, -0.25) is 0 Å². The van der Waals surface area contributed by atoms with Crippen LogP contribution in [0.1, 0.15) is 52.0 Å². The van der Waals surface area contributed by atoms with Crippen molar-refractivity contribution in [2.24, 2.45) is 0 Å². The molecule has 0 spiro atoms. The van der Waals surface area contributed by atoms with E-state index in [2.05, 4.69) is 0 Å². The van der Waals surface area contributed by atoms with Crippen LogP contribution in [0.15, 0.2) is 30.3 Å². The molecular weight excluding hydrogens is 567 g/mol. The van der Waals surface area contributed by atoms with Gasteiger partial charge in [0.1, 0.15) is 12.2 Å². The molecule has 2 aliphatic heterocycles. The lowest BCUT2D eigenvalue weighted by Gasteiger charge is -2.32. The quantitative estimate of drug-likeness (QED) is 0.468. The normalized spacial score (nSPS) is 18.0. The Morgan fingerprint density at radius 1 is 0.811 bits per heavy atom. The van der Waals surface area contributed by atoms with Gasteiger partial charge in [-0.1, -0.05) is 30.3 Å². The molecular formula is C23H34Cl2N2O8S2. The summed E-state index contributed by atoms with van der Waals surface area (Å²) < 4.78 is 55.0. The third kappa shape index (κ3) is 11.3. The van der Waals surface area contributed by atoms with E-state index in [1.165, 1.54) is 9.80 Å². The minimum atomic E-state index is -3.54. The number of ether oxygens (including phenoxy) is 2. The van der Waals surface area contributed by atoms with Crippen LogP contribution in [0.2, 0.25) is 0 Å². The fourth-order valence-electron chi connectivity index (χ4n) is 3.78. The van der Waals surface area contributed by atoms with Crippen molar-refractivity contribution < 1.29 is 35.9 Å². The first-order chi connectivity index (χ1) is 17.1. The smallest absolute Gasteiger partial charge is 0.410 e. The van der Waals surface area contributed by atoms with Crippen LogP contribution in [0.25, 0.3) is 0 Å². The highest BCUT2D eigenvalue weighted by atomic mass is 35.7. The Bertz CT molecular complexity index is 1110. The number of rotatable bonds is 4. The van der Waals surface area contributed by atoms with Crippen molar-refractivity contribution in [2.75, 3.05) is 26.2 Å². The number of hydrogen-bond acceptors (Lipinski definition) is 8.